The van der Waals surface area contributed by atoms with E-state index in [4.69, 9.17) is 0 Å². The highest BCUT2D eigenvalue weighted by molar-refractivity contribution is 5.17. The quantitative estimate of drug-likeness (QED) is 0.496. The van der Waals surface area contributed by atoms with E-state index in [2.05, 4.69) is 32.1 Å². The van der Waals surface area contributed by atoms with Crippen molar-refractivity contribution in [2.24, 2.45) is 5.92 Å². The fourth-order valence-corrected chi connectivity index (χ4v) is 1.05. The van der Waals surface area contributed by atoms with E-state index in [-0.39, 0.29) is 0 Å². The van der Waals surface area contributed by atoms with Crippen LogP contribution in [0.3, 0.4) is 0 Å². The molecule has 1 aliphatic rings. The van der Waals surface area contributed by atoms with Crippen LogP contribution in [0.2, 0.25) is 0 Å². The van der Waals surface area contributed by atoms with Crippen LogP contribution in [0.25, 0.3) is 0 Å². The predicted molar refractivity (Wildman–Crippen MR) is 59.4 cm³/mol. The SMILES string of the molecule is CC.CC.CC1=CC=CC(C)C1. The van der Waals surface area contributed by atoms with Crippen LogP contribution in [-0.2, 0) is 0 Å². The van der Waals surface area contributed by atoms with Crippen LogP contribution in [0.1, 0.15) is 48.0 Å². The van der Waals surface area contributed by atoms with E-state index in [1.807, 2.05) is 27.7 Å². The van der Waals surface area contributed by atoms with Gasteiger partial charge in [-0.05, 0) is 19.3 Å². The Morgan fingerprint density at radius 3 is 1.92 bits per heavy atom. The smallest absolute Gasteiger partial charge is 0.0222 e. The molecule has 0 bridgehead atoms. The molecule has 0 saturated carbocycles. The van der Waals surface area contributed by atoms with Crippen molar-refractivity contribution in [1.82, 2.24) is 0 Å². The number of rotatable bonds is 0. The molecule has 0 heterocycles. The van der Waals surface area contributed by atoms with Gasteiger partial charge < -0.3 is 0 Å². The van der Waals surface area contributed by atoms with Crippen LogP contribution in [0.4, 0.5) is 0 Å². The Labute approximate surface area is 78.4 Å². The second-order valence-electron chi connectivity index (χ2n) is 2.58. The Balaban J connectivity index is 0. The third-order valence-corrected chi connectivity index (χ3v) is 1.46. The lowest BCUT2D eigenvalue weighted by Gasteiger charge is -2.08. The molecule has 0 nitrogen and oxygen atoms in total. The summed E-state index contributed by atoms with van der Waals surface area (Å²) in [6, 6.07) is 0. The fraction of sp³-hybridized carbons (Fsp3) is 0.667. The van der Waals surface area contributed by atoms with Gasteiger partial charge >= 0.3 is 0 Å². The molecule has 0 heteroatoms. The molecule has 1 rings (SSSR count). The summed E-state index contributed by atoms with van der Waals surface area (Å²) in [7, 11) is 0. The summed E-state index contributed by atoms with van der Waals surface area (Å²) in [5.74, 6) is 0.764. The molecule has 72 valence electrons. The van der Waals surface area contributed by atoms with Crippen LogP contribution in [0.5, 0.6) is 0 Å². The van der Waals surface area contributed by atoms with Gasteiger partial charge in [-0.3, -0.25) is 0 Å². The second kappa shape index (κ2) is 10.5. The molecule has 0 aromatic rings. The number of hydrogen-bond acceptors (Lipinski definition) is 0. The summed E-state index contributed by atoms with van der Waals surface area (Å²) in [6.45, 7) is 12.4. The molecular formula is C12H24. The average Bonchev–Trinajstić information content (AvgIpc) is 2.11. The van der Waals surface area contributed by atoms with Crippen LogP contribution >= 0.6 is 0 Å². The minimum absolute atomic E-state index is 0.764. The highest BCUT2D eigenvalue weighted by Crippen LogP contribution is 2.16. The van der Waals surface area contributed by atoms with Gasteiger partial charge in [0.25, 0.3) is 0 Å². The van der Waals surface area contributed by atoms with Gasteiger partial charge in [0.05, 0.1) is 0 Å². The van der Waals surface area contributed by atoms with E-state index in [9.17, 15) is 0 Å². The zero-order valence-corrected chi connectivity index (χ0v) is 9.52. The van der Waals surface area contributed by atoms with E-state index in [1.165, 1.54) is 12.0 Å². The van der Waals surface area contributed by atoms with E-state index in [1.54, 1.807) is 0 Å². The minimum Gasteiger partial charge on any atom is -0.0814 e. The fourth-order valence-electron chi connectivity index (χ4n) is 1.05. The molecule has 0 radical (unpaired) electrons. The Kier molecular flexibility index (Phi) is 12.3. The molecule has 12 heavy (non-hydrogen) atoms. The highest BCUT2D eigenvalue weighted by atomic mass is 14.1. The highest BCUT2D eigenvalue weighted by Gasteiger charge is 1.99. The molecule has 0 aliphatic heterocycles. The van der Waals surface area contributed by atoms with Crippen molar-refractivity contribution < 1.29 is 0 Å². The second-order valence-corrected chi connectivity index (χ2v) is 2.58. The molecule has 1 atom stereocenters. The molecule has 0 fully saturated rings. The van der Waals surface area contributed by atoms with Crippen molar-refractivity contribution in [1.29, 1.82) is 0 Å². The summed E-state index contributed by atoms with van der Waals surface area (Å²) in [5.41, 5.74) is 1.50. The molecule has 0 aromatic carbocycles. The first-order valence-electron chi connectivity index (χ1n) is 5.13. The zero-order valence-electron chi connectivity index (χ0n) is 9.52. The monoisotopic (exact) mass is 168 g/mol. The Morgan fingerprint density at radius 2 is 1.67 bits per heavy atom. The molecule has 0 amide bonds. The van der Waals surface area contributed by atoms with Crippen molar-refractivity contribution in [2.75, 3.05) is 0 Å². The molecule has 0 saturated heterocycles. The van der Waals surface area contributed by atoms with E-state index in [0.29, 0.717) is 0 Å². The van der Waals surface area contributed by atoms with Gasteiger partial charge in [0, 0.05) is 0 Å². The molecular weight excluding hydrogens is 144 g/mol. The summed E-state index contributed by atoms with van der Waals surface area (Å²) >= 11 is 0. The number of allylic oxidation sites excluding steroid dienone is 4. The largest absolute Gasteiger partial charge is 0.0814 e. The van der Waals surface area contributed by atoms with Crippen LogP contribution in [-0.4, -0.2) is 0 Å². The topological polar surface area (TPSA) is 0 Å². The van der Waals surface area contributed by atoms with Crippen LogP contribution in [0, 0.1) is 5.92 Å². The summed E-state index contributed by atoms with van der Waals surface area (Å²) < 4.78 is 0. The van der Waals surface area contributed by atoms with Crippen molar-refractivity contribution in [2.45, 2.75) is 48.0 Å². The van der Waals surface area contributed by atoms with Gasteiger partial charge in [0.2, 0.25) is 0 Å². The summed E-state index contributed by atoms with van der Waals surface area (Å²) in [6.07, 6.45) is 7.81. The summed E-state index contributed by atoms with van der Waals surface area (Å²) in [4.78, 5) is 0. The maximum Gasteiger partial charge on any atom is -0.0222 e. The van der Waals surface area contributed by atoms with Gasteiger partial charge in [-0.1, -0.05) is 58.4 Å². The Morgan fingerprint density at radius 1 is 1.17 bits per heavy atom. The van der Waals surface area contributed by atoms with Crippen molar-refractivity contribution in [3.8, 4) is 0 Å². The van der Waals surface area contributed by atoms with Gasteiger partial charge in [0.15, 0.2) is 0 Å². The third-order valence-electron chi connectivity index (χ3n) is 1.46. The molecule has 1 unspecified atom stereocenters. The minimum atomic E-state index is 0.764. The lowest BCUT2D eigenvalue weighted by atomic mass is 9.97. The number of hydrogen-bond donors (Lipinski definition) is 0. The van der Waals surface area contributed by atoms with Crippen LogP contribution in [0.15, 0.2) is 23.8 Å². The van der Waals surface area contributed by atoms with Gasteiger partial charge in [-0.15, -0.1) is 0 Å². The molecule has 1 aliphatic carbocycles. The molecule has 0 aromatic heterocycles. The van der Waals surface area contributed by atoms with Crippen molar-refractivity contribution in [3.63, 3.8) is 0 Å². The third kappa shape index (κ3) is 7.59. The first-order chi connectivity index (χ1) is 5.79. The average molecular weight is 168 g/mol. The normalized spacial score (nSPS) is 19.5. The molecule has 0 N–H and O–H groups in total. The van der Waals surface area contributed by atoms with Gasteiger partial charge in [-0.2, -0.15) is 0 Å². The maximum absolute atomic E-state index is 2.24. The summed E-state index contributed by atoms with van der Waals surface area (Å²) in [5, 5.41) is 0. The van der Waals surface area contributed by atoms with Crippen molar-refractivity contribution in [3.05, 3.63) is 23.8 Å². The Hall–Kier alpha value is -0.520. The van der Waals surface area contributed by atoms with Crippen LogP contribution < -0.4 is 0 Å². The van der Waals surface area contributed by atoms with E-state index >= 15 is 0 Å². The lowest BCUT2D eigenvalue weighted by molar-refractivity contribution is 0.707. The van der Waals surface area contributed by atoms with E-state index < -0.39 is 0 Å². The first-order valence-corrected chi connectivity index (χ1v) is 5.13. The first kappa shape index (κ1) is 14.0. The molecule has 0 spiro atoms. The lowest BCUT2D eigenvalue weighted by Crippen LogP contribution is -1.93. The van der Waals surface area contributed by atoms with E-state index in [0.717, 1.165) is 5.92 Å². The Bertz CT molecular complexity index is 129. The standard InChI is InChI=1S/C8H12.2C2H6/c1-7-4-3-5-8(2)6-7;2*1-2/h3-5,7H,6H2,1-2H3;2*1-2H3. The predicted octanol–water partition coefficient (Wildman–Crippen LogP) is 4.58. The van der Waals surface area contributed by atoms with Gasteiger partial charge in [-0.25, -0.2) is 0 Å². The van der Waals surface area contributed by atoms with Gasteiger partial charge in [0.1, 0.15) is 0 Å². The maximum atomic E-state index is 2.24. The van der Waals surface area contributed by atoms with Crippen molar-refractivity contribution >= 4 is 0 Å². The zero-order chi connectivity index (χ0) is 9.98.